The van der Waals surface area contributed by atoms with Crippen LogP contribution in [0.15, 0.2) is 60.7 Å². The SMILES string of the molecule is CC(C)(C)OC(=O)N[C@H](C(=O)N1[C@H](C(=O)OCc2ccccc2)[C@H]1C(=O)OCc1ccccc1)N1CCCCC1. The predicted octanol–water partition coefficient (Wildman–Crippen LogP) is 3.39. The zero-order valence-electron chi connectivity index (χ0n) is 23.2. The van der Waals surface area contributed by atoms with Crippen molar-refractivity contribution in [2.75, 3.05) is 13.1 Å². The van der Waals surface area contributed by atoms with Crippen molar-refractivity contribution in [2.24, 2.45) is 0 Å². The molecule has 2 fully saturated rings. The standard InChI is InChI=1S/C30H37N3O7/c1-30(2,3)40-29(37)31-25(32-17-11-6-12-18-32)26(34)33-23(27(35)38-19-21-13-7-4-8-14-21)24(33)28(36)39-20-22-15-9-5-10-16-22/h4-5,7-10,13-16,23-25H,6,11-12,17-20H2,1-3H3,(H,31,37)/t23-,24-,25-/m0/s1. The fourth-order valence-electron chi connectivity index (χ4n) is 4.66. The third-order valence-corrected chi connectivity index (χ3v) is 6.64. The van der Waals surface area contributed by atoms with Crippen LogP contribution in [0.5, 0.6) is 0 Å². The summed E-state index contributed by atoms with van der Waals surface area (Å²) in [5.41, 5.74) is 0.776. The molecular weight excluding hydrogens is 514 g/mol. The number of esters is 2. The molecule has 0 bridgehead atoms. The van der Waals surface area contributed by atoms with Crippen molar-refractivity contribution >= 4 is 23.9 Å². The Morgan fingerprint density at radius 3 is 1.73 bits per heavy atom. The molecule has 10 heteroatoms. The van der Waals surface area contributed by atoms with Gasteiger partial charge < -0.3 is 19.1 Å². The third kappa shape index (κ3) is 7.81. The number of hydrogen-bond donors (Lipinski definition) is 1. The van der Waals surface area contributed by atoms with Crippen molar-refractivity contribution in [3.05, 3.63) is 71.8 Å². The normalized spacial score (nSPS) is 19.7. The summed E-state index contributed by atoms with van der Waals surface area (Å²) < 4.78 is 16.4. The van der Waals surface area contributed by atoms with E-state index in [4.69, 9.17) is 14.2 Å². The van der Waals surface area contributed by atoms with Gasteiger partial charge >= 0.3 is 18.0 Å². The molecule has 2 amide bonds. The summed E-state index contributed by atoms with van der Waals surface area (Å²) in [7, 11) is 0. The first-order valence-corrected chi connectivity index (χ1v) is 13.6. The Hall–Kier alpha value is -3.92. The lowest BCUT2D eigenvalue weighted by Crippen LogP contribution is -2.57. The quantitative estimate of drug-likeness (QED) is 0.287. The fraction of sp³-hybridized carbons (Fsp3) is 0.467. The van der Waals surface area contributed by atoms with E-state index in [1.165, 1.54) is 0 Å². The Kier molecular flexibility index (Phi) is 9.42. The van der Waals surface area contributed by atoms with Crippen LogP contribution < -0.4 is 5.32 Å². The second-order valence-electron chi connectivity index (χ2n) is 11.0. The van der Waals surface area contributed by atoms with Gasteiger partial charge in [0.2, 0.25) is 0 Å². The minimum atomic E-state index is -1.16. The van der Waals surface area contributed by atoms with Crippen LogP contribution >= 0.6 is 0 Å². The van der Waals surface area contributed by atoms with Crippen molar-refractivity contribution in [2.45, 2.75) is 77.1 Å². The average Bonchev–Trinajstić information content (AvgIpc) is 3.70. The summed E-state index contributed by atoms with van der Waals surface area (Å²) in [5, 5.41) is 2.67. The molecule has 2 aromatic carbocycles. The molecule has 0 aliphatic carbocycles. The van der Waals surface area contributed by atoms with Gasteiger partial charge in [-0.1, -0.05) is 67.1 Å². The smallest absolute Gasteiger partial charge is 0.409 e. The first kappa shape index (κ1) is 29.1. The van der Waals surface area contributed by atoms with Crippen LogP contribution in [0.1, 0.15) is 51.2 Å². The Labute approximate surface area is 234 Å². The zero-order chi connectivity index (χ0) is 28.7. The lowest BCUT2D eigenvalue weighted by molar-refractivity contribution is -0.148. The van der Waals surface area contributed by atoms with Crippen LogP contribution in [0.3, 0.4) is 0 Å². The van der Waals surface area contributed by atoms with Crippen molar-refractivity contribution in [3.63, 3.8) is 0 Å². The molecule has 0 unspecified atom stereocenters. The molecule has 214 valence electrons. The van der Waals surface area contributed by atoms with Gasteiger partial charge in [-0.15, -0.1) is 0 Å². The molecule has 0 aromatic heterocycles. The van der Waals surface area contributed by atoms with Gasteiger partial charge in [0.1, 0.15) is 18.8 Å². The van der Waals surface area contributed by atoms with Crippen LogP contribution in [0, 0.1) is 0 Å². The van der Waals surface area contributed by atoms with Crippen molar-refractivity contribution < 1.29 is 33.4 Å². The summed E-state index contributed by atoms with van der Waals surface area (Å²) in [6, 6.07) is 15.9. The Morgan fingerprint density at radius 1 is 0.800 bits per heavy atom. The van der Waals surface area contributed by atoms with E-state index in [2.05, 4.69) is 5.32 Å². The molecule has 2 aliphatic heterocycles. The number of hydrogen-bond acceptors (Lipinski definition) is 8. The van der Waals surface area contributed by atoms with E-state index in [1.807, 2.05) is 65.6 Å². The molecule has 2 saturated heterocycles. The molecule has 2 aliphatic rings. The number of piperidine rings is 1. The van der Waals surface area contributed by atoms with Crippen molar-refractivity contribution in [1.29, 1.82) is 0 Å². The summed E-state index contributed by atoms with van der Waals surface area (Å²) in [6.45, 7) is 6.33. The van der Waals surface area contributed by atoms with E-state index in [9.17, 15) is 19.2 Å². The van der Waals surface area contributed by atoms with Gasteiger partial charge in [0.25, 0.3) is 5.91 Å². The number of carbonyl (C=O) groups is 4. The summed E-state index contributed by atoms with van der Waals surface area (Å²) in [4.78, 5) is 55.9. The highest BCUT2D eigenvalue weighted by molar-refractivity contribution is 6.02. The topological polar surface area (TPSA) is 114 Å². The van der Waals surface area contributed by atoms with Gasteiger partial charge in [0, 0.05) is 13.1 Å². The molecule has 0 saturated carbocycles. The number of likely N-dealkylation sites (tertiary alicyclic amines) is 1. The number of alkyl carbamates (subject to hydrolysis) is 1. The number of benzene rings is 2. The van der Waals surface area contributed by atoms with E-state index in [1.54, 1.807) is 20.8 Å². The molecular formula is C30H37N3O7. The highest BCUT2D eigenvalue weighted by atomic mass is 16.6. The number of carbonyl (C=O) groups excluding carboxylic acids is 4. The summed E-state index contributed by atoms with van der Waals surface area (Å²) in [5.74, 6) is -2.02. The third-order valence-electron chi connectivity index (χ3n) is 6.64. The summed E-state index contributed by atoms with van der Waals surface area (Å²) in [6.07, 6.45) is 0.850. The van der Waals surface area contributed by atoms with Crippen LogP contribution in [-0.2, 0) is 41.8 Å². The number of nitrogens with zero attached hydrogens (tertiary/aromatic N) is 2. The molecule has 4 rings (SSSR count). The first-order chi connectivity index (χ1) is 19.1. The van der Waals surface area contributed by atoms with Gasteiger partial charge in [-0.05, 0) is 44.7 Å². The fourth-order valence-corrected chi connectivity index (χ4v) is 4.66. The number of nitrogens with one attached hydrogen (secondary N) is 1. The van der Waals surface area contributed by atoms with Crippen LogP contribution in [0.2, 0.25) is 0 Å². The minimum absolute atomic E-state index is 0.00427. The Balaban J connectivity index is 1.52. The number of rotatable bonds is 9. The van der Waals surface area contributed by atoms with E-state index < -0.39 is 47.8 Å². The largest absolute Gasteiger partial charge is 0.459 e. The zero-order valence-corrected chi connectivity index (χ0v) is 23.2. The average molecular weight is 552 g/mol. The molecule has 0 radical (unpaired) electrons. The van der Waals surface area contributed by atoms with Crippen LogP contribution in [0.25, 0.3) is 0 Å². The summed E-state index contributed by atoms with van der Waals surface area (Å²) >= 11 is 0. The molecule has 2 aromatic rings. The van der Waals surface area contributed by atoms with E-state index in [0.717, 1.165) is 35.3 Å². The maximum atomic E-state index is 13.9. The highest BCUT2D eigenvalue weighted by Gasteiger charge is 2.63. The highest BCUT2D eigenvalue weighted by Crippen LogP contribution is 2.33. The molecule has 3 atom stereocenters. The predicted molar refractivity (Wildman–Crippen MR) is 145 cm³/mol. The van der Waals surface area contributed by atoms with Crippen LogP contribution in [0.4, 0.5) is 4.79 Å². The molecule has 1 N–H and O–H groups in total. The van der Waals surface area contributed by atoms with Gasteiger partial charge in [-0.2, -0.15) is 0 Å². The monoisotopic (exact) mass is 551 g/mol. The number of ether oxygens (including phenoxy) is 3. The Morgan fingerprint density at radius 2 is 1.27 bits per heavy atom. The Bertz CT molecular complexity index is 1120. The first-order valence-electron chi connectivity index (χ1n) is 13.6. The lowest BCUT2D eigenvalue weighted by Gasteiger charge is -2.34. The van der Waals surface area contributed by atoms with Gasteiger partial charge in [-0.3, -0.25) is 15.0 Å². The maximum absolute atomic E-state index is 13.9. The van der Waals surface area contributed by atoms with Crippen molar-refractivity contribution in [1.82, 2.24) is 15.1 Å². The molecule has 0 spiro atoms. The number of amides is 2. The van der Waals surface area contributed by atoms with Gasteiger partial charge in [0.15, 0.2) is 18.2 Å². The van der Waals surface area contributed by atoms with Gasteiger partial charge in [0.05, 0.1) is 0 Å². The van der Waals surface area contributed by atoms with E-state index >= 15 is 0 Å². The molecule has 2 heterocycles. The van der Waals surface area contributed by atoms with Gasteiger partial charge in [-0.25, -0.2) is 14.4 Å². The van der Waals surface area contributed by atoms with E-state index in [0.29, 0.717) is 13.1 Å². The molecule has 10 nitrogen and oxygen atoms in total. The lowest BCUT2D eigenvalue weighted by atomic mass is 10.1. The maximum Gasteiger partial charge on any atom is 0.409 e. The minimum Gasteiger partial charge on any atom is -0.459 e. The second kappa shape index (κ2) is 13.0. The van der Waals surface area contributed by atoms with E-state index in [-0.39, 0.29) is 13.2 Å². The van der Waals surface area contributed by atoms with Crippen molar-refractivity contribution in [3.8, 4) is 0 Å². The second-order valence-corrected chi connectivity index (χ2v) is 11.0. The molecule has 40 heavy (non-hydrogen) atoms. The van der Waals surface area contributed by atoms with Crippen LogP contribution in [-0.4, -0.2) is 70.7 Å².